The quantitative estimate of drug-likeness (QED) is 0.883. The van der Waals surface area contributed by atoms with Crippen LogP contribution >= 0.6 is 11.3 Å². The zero-order valence-electron chi connectivity index (χ0n) is 12.9. The molecule has 23 heavy (non-hydrogen) atoms. The number of thiazole rings is 1. The van der Waals surface area contributed by atoms with Gasteiger partial charge in [0, 0.05) is 5.56 Å². The van der Waals surface area contributed by atoms with Gasteiger partial charge in [-0.05, 0) is 20.3 Å². The van der Waals surface area contributed by atoms with Crippen LogP contribution in [-0.2, 0) is 9.59 Å². The summed E-state index contributed by atoms with van der Waals surface area (Å²) >= 11 is 1.56. The molecule has 0 spiro atoms. The van der Waals surface area contributed by atoms with Crippen LogP contribution in [0.3, 0.4) is 0 Å². The number of hydrogen-bond acceptors (Lipinski definition) is 4. The van der Waals surface area contributed by atoms with Crippen molar-refractivity contribution < 1.29 is 14.7 Å². The van der Waals surface area contributed by atoms with E-state index in [1.54, 1.807) is 11.3 Å². The van der Waals surface area contributed by atoms with E-state index in [9.17, 15) is 9.59 Å². The minimum absolute atomic E-state index is 0.174. The number of aryl methyl sites for hydroxylation is 1. The molecule has 5 nitrogen and oxygen atoms in total. The fourth-order valence-electron chi connectivity index (χ4n) is 2.66. The fraction of sp³-hybridized carbons (Fsp3) is 0.353. The highest BCUT2D eigenvalue weighted by Gasteiger charge is 2.48. The zero-order valence-corrected chi connectivity index (χ0v) is 13.8. The van der Waals surface area contributed by atoms with Crippen LogP contribution in [0.15, 0.2) is 30.3 Å². The Morgan fingerprint density at radius 3 is 2.61 bits per heavy atom. The number of rotatable bonds is 5. The minimum atomic E-state index is -0.891. The van der Waals surface area contributed by atoms with Crippen LogP contribution in [0, 0.1) is 18.8 Å². The largest absolute Gasteiger partial charge is 0.481 e. The molecule has 1 aliphatic rings. The lowest BCUT2D eigenvalue weighted by Crippen LogP contribution is -2.29. The van der Waals surface area contributed by atoms with Gasteiger partial charge in [0.25, 0.3) is 0 Å². The highest BCUT2D eigenvalue weighted by atomic mass is 32.1. The van der Waals surface area contributed by atoms with Gasteiger partial charge < -0.3 is 10.4 Å². The van der Waals surface area contributed by atoms with Crippen molar-refractivity contribution in [2.45, 2.75) is 26.3 Å². The molecule has 1 fully saturated rings. The van der Waals surface area contributed by atoms with Crippen molar-refractivity contribution in [1.82, 2.24) is 10.3 Å². The van der Waals surface area contributed by atoms with Gasteiger partial charge in [-0.25, -0.2) is 4.98 Å². The van der Waals surface area contributed by atoms with Crippen LogP contribution in [-0.4, -0.2) is 22.0 Å². The lowest BCUT2D eigenvalue weighted by atomic mass is 10.2. The first-order chi connectivity index (χ1) is 11.0. The molecule has 0 saturated heterocycles. The standard InChI is InChI=1S/C17H18N2O3S/c1-9(18-15(20)12-8-13(12)17(21)22)14-10(2)19-16(23-14)11-6-4-3-5-7-11/h3-7,9,12-13H,8H2,1-2H3,(H,18,20)(H,21,22). The molecule has 120 valence electrons. The molecule has 2 N–H and O–H groups in total. The van der Waals surface area contributed by atoms with E-state index >= 15 is 0 Å². The van der Waals surface area contributed by atoms with Crippen LogP contribution in [0.1, 0.15) is 30.0 Å². The Bertz CT molecular complexity index is 742. The van der Waals surface area contributed by atoms with E-state index in [4.69, 9.17) is 5.11 Å². The van der Waals surface area contributed by atoms with Crippen LogP contribution in [0.2, 0.25) is 0 Å². The van der Waals surface area contributed by atoms with Crippen molar-refractivity contribution >= 4 is 23.2 Å². The van der Waals surface area contributed by atoms with Gasteiger partial charge in [0.2, 0.25) is 5.91 Å². The molecule has 2 aromatic rings. The molecular formula is C17H18N2O3S. The maximum Gasteiger partial charge on any atom is 0.307 e. The lowest BCUT2D eigenvalue weighted by molar-refractivity contribution is -0.140. The normalized spacial score (nSPS) is 20.8. The number of carboxylic acid groups (broad SMARTS) is 1. The molecule has 1 aliphatic carbocycles. The third-order valence-electron chi connectivity index (χ3n) is 4.05. The van der Waals surface area contributed by atoms with Gasteiger partial charge in [-0.3, -0.25) is 9.59 Å². The summed E-state index contributed by atoms with van der Waals surface area (Å²) in [7, 11) is 0. The molecule has 3 atom stereocenters. The predicted molar refractivity (Wildman–Crippen MR) is 88.1 cm³/mol. The Morgan fingerprint density at radius 1 is 1.30 bits per heavy atom. The number of amides is 1. The van der Waals surface area contributed by atoms with Gasteiger partial charge in [-0.1, -0.05) is 30.3 Å². The highest BCUT2D eigenvalue weighted by molar-refractivity contribution is 7.15. The number of nitrogens with zero attached hydrogens (tertiary/aromatic N) is 1. The molecule has 0 radical (unpaired) electrons. The topological polar surface area (TPSA) is 79.3 Å². The van der Waals surface area contributed by atoms with Gasteiger partial charge in [0.15, 0.2) is 0 Å². The maximum absolute atomic E-state index is 12.1. The molecule has 1 amide bonds. The summed E-state index contributed by atoms with van der Waals surface area (Å²) < 4.78 is 0. The first-order valence-corrected chi connectivity index (χ1v) is 8.35. The Labute approximate surface area is 138 Å². The van der Waals surface area contributed by atoms with Crippen LogP contribution in [0.5, 0.6) is 0 Å². The Hall–Kier alpha value is -2.21. The average molecular weight is 330 g/mol. The smallest absolute Gasteiger partial charge is 0.307 e. The van der Waals surface area contributed by atoms with E-state index < -0.39 is 17.8 Å². The average Bonchev–Trinajstić information content (AvgIpc) is 3.25. The summed E-state index contributed by atoms with van der Waals surface area (Å²) in [5.41, 5.74) is 1.95. The van der Waals surface area contributed by atoms with Gasteiger partial charge in [-0.15, -0.1) is 11.3 Å². The summed E-state index contributed by atoms with van der Waals surface area (Å²) in [5.74, 6) is -1.99. The van der Waals surface area contributed by atoms with Crippen molar-refractivity contribution in [2.24, 2.45) is 11.8 Å². The first kappa shape index (κ1) is 15.7. The van der Waals surface area contributed by atoms with E-state index in [0.29, 0.717) is 6.42 Å². The van der Waals surface area contributed by atoms with Crippen molar-refractivity contribution in [2.75, 3.05) is 0 Å². The maximum atomic E-state index is 12.1. The monoisotopic (exact) mass is 330 g/mol. The van der Waals surface area contributed by atoms with E-state index in [0.717, 1.165) is 21.1 Å². The third-order valence-corrected chi connectivity index (χ3v) is 5.44. The number of benzene rings is 1. The predicted octanol–water partition coefficient (Wildman–Crippen LogP) is 3.02. The van der Waals surface area contributed by atoms with Gasteiger partial charge in [-0.2, -0.15) is 0 Å². The van der Waals surface area contributed by atoms with E-state index in [2.05, 4.69) is 10.3 Å². The van der Waals surface area contributed by atoms with E-state index in [-0.39, 0.29) is 11.9 Å². The number of hydrogen-bond donors (Lipinski definition) is 2. The summed E-state index contributed by atoms with van der Waals surface area (Å²) in [5, 5.41) is 12.8. The van der Waals surface area contributed by atoms with Gasteiger partial charge in [0.05, 0.1) is 28.4 Å². The van der Waals surface area contributed by atoms with Crippen LogP contribution < -0.4 is 5.32 Å². The van der Waals surface area contributed by atoms with Gasteiger partial charge >= 0.3 is 5.97 Å². The number of carbonyl (C=O) groups is 2. The summed E-state index contributed by atoms with van der Waals surface area (Å²) in [4.78, 5) is 28.6. The van der Waals surface area contributed by atoms with Crippen molar-refractivity contribution in [3.63, 3.8) is 0 Å². The van der Waals surface area contributed by atoms with E-state index in [1.807, 2.05) is 44.2 Å². The van der Waals surface area contributed by atoms with Crippen molar-refractivity contribution in [3.8, 4) is 10.6 Å². The van der Waals surface area contributed by atoms with Crippen LogP contribution in [0.25, 0.3) is 10.6 Å². The second-order valence-electron chi connectivity index (χ2n) is 5.85. The number of aromatic nitrogens is 1. The number of carboxylic acids is 1. The Kier molecular flexibility index (Phi) is 4.17. The zero-order chi connectivity index (χ0) is 16.6. The molecule has 6 heteroatoms. The number of aliphatic carboxylic acids is 1. The highest BCUT2D eigenvalue weighted by Crippen LogP contribution is 2.39. The summed E-state index contributed by atoms with van der Waals surface area (Å²) in [6, 6.07) is 9.74. The minimum Gasteiger partial charge on any atom is -0.481 e. The molecule has 3 unspecified atom stereocenters. The Balaban J connectivity index is 1.71. The lowest BCUT2D eigenvalue weighted by Gasteiger charge is -2.12. The molecule has 1 heterocycles. The number of nitrogens with one attached hydrogen (secondary N) is 1. The fourth-order valence-corrected chi connectivity index (χ4v) is 3.73. The Morgan fingerprint density at radius 2 is 2.00 bits per heavy atom. The summed E-state index contributed by atoms with van der Waals surface area (Å²) in [6.45, 7) is 3.84. The molecule has 1 aromatic heterocycles. The second-order valence-corrected chi connectivity index (χ2v) is 6.88. The van der Waals surface area contributed by atoms with Crippen LogP contribution in [0.4, 0.5) is 0 Å². The molecule has 3 rings (SSSR count). The molecule has 0 aliphatic heterocycles. The number of carbonyl (C=O) groups excluding carboxylic acids is 1. The third kappa shape index (κ3) is 3.27. The summed E-state index contributed by atoms with van der Waals surface area (Å²) in [6.07, 6.45) is 0.435. The molecule has 1 aromatic carbocycles. The van der Waals surface area contributed by atoms with Crippen molar-refractivity contribution in [1.29, 1.82) is 0 Å². The molecule has 1 saturated carbocycles. The second kappa shape index (κ2) is 6.12. The molecular weight excluding hydrogens is 312 g/mol. The SMILES string of the molecule is Cc1nc(-c2ccccc2)sc1C(C)NC(=O)C1CC1C(=O)O. The van der Waals surface area contributed by atoms with E-state index in [1.165, 1.54) is 0 Å². The molecule has 0 bridgehead atoms. The first-order valence-electron chi connectivity index (χ1n) is 7.53. The van der Waals surface area contributed by atoms with Crippen molar-refractivity contribution in [3.05, 3.63) is 40.9 Å². The van der Waals surface area contributed by atoms with Gasteiger partial charge in [0.1, 0.15) is 5.01 Å².